The van der Waals surface area contributed by atoms with E-state index in [0.717, 1.165) is 30.4 Å². The van der Waals surface area contributed by atoms with Crippen LogP contribution in [0.25, 0.3) is 0 Å². The summed E-state index contributed by atoms with van der Waals surface area (Å²) in [5.74, 6) is 0.787. The van der Waals surface area contributed by atoms with Gasteiger partial charge in [-0.15, -0.1) is 0 Å². The van der Waals surface area contributed by atoms with Crippen molar-refractivity contribution in [2.75, 3.05) is 23.7 Å². The maximum atomic E-state index is 5.85. The van der Waals surface area contributed by atoms with Crippen LogP contribution in [0.15, 0.2) is 18.2 Å². The van der Waals surface area contributed by atoms with Gasteiger partial charge in [0.05, 0.1) is 11.4 Å². The van der Waals surface area contributed by atoms with E-state index in [4.69, 9.17) is 17.3 Å². The van der Waals surface area contributed by atoms with Crippen molar-refractivity contribution in [3.05, 3.63) is 23.2 Å². The van der Waals surface area contributed by atoms with E-state index in [2.05, 4.69) is 11.8 Å². The first-order chi connectivity index (χ1) is 6.16. The summed E-state index contributed by atoms with van der Waals surface area (Å²) in [7, 11) is 0. The normalized spacial score (nSPS) is 17.2. The van der Waals surface area contributed by atoms with Gasteiger partial charge < -0.3 is 10.6 Å². The summed E-state index contributed by atoms with van der Waals surface area (Å²) >= 11 is 5.81. The molecule has 1 aromatic carbocycles. The van der Waals surface area contributed by atoms with Gasteiger partial charge in [0.1, 0.15) is 0 Å². The van der Waals surface area contributed by atoms with E-state index < -0.39 is 0 Å². The van der Waals surface area contributed by atoms with Crippen molar-refractivity contribution >= 4 is 23.0 Å². The second-order valence-electron chi connectivity index (χ2n) is 3.71. The number of nitrogens with two attached hydrogens (primary N) is 1. The molecule has 2 rings (SSSR count). The lowest BCUT2D eigenvalue weighted by Crippen LogP contribution is -2.45. The zero-order chi connectivity index (χ0) is 9.42. The largest absolute Gasteiger partial charge is 0.397 e. The van der Waals surface area contributed by atoms with E-state index in [9.17, 15) is 0 Å². The van der Waals surface area contributed by atoms with Gasteiger partial charge in [-0.05, 0) is 24.1 Å². The van der Waals surface area contributed by atoms with Crippen LogP contribution < -0.4 is 10.6 Å². The summed E-state index contributed by atoms with van der Waals surface area (Å²) in [6.07, 6.45) is 0. The zero-order valence-electron chi connectivity index (χ0n) is 7.63. The van der Waals surface area contributed by atoms with Crippen LogP contribution in [0.4, 0.5) is 11.4 Å². The maximum absolute atomic E-state index is 5.85. The van der Waals surface area contributed by atoms with Gasteiger partial charge in [0.2, 0.25) is 0 Å². The second kappa shape index (κ2) is 3.11. The van der Waals surface area contributed by atoms with Gasteiger partial charge in [-0.3, -0.25) is 0 Å². The molecule has 1 saturated heterocycles. The van der Waals surface area contributed by atoms with E-state index in [1.807, 2.05) is 12.1 Å². The predicted molar refractivity (Wildman–Crippen MR) is 57.2 cm³/mol. The Morgan fingerprint density at radius 2 is 2.15 bits per heavy atom. The topological polar surface area (TPSA) is 29.3 Å². The molecule has 0 radical (unpaired) electrons. The molecule has 0 aromatic heterocycles. The lowest BCUT2D eigenvalue weighted by Gasteiger charge is -2.39. The Balaban J connectivity index is 2.21. The molecular weight excluding hydrogens is 184 g/mol. The number of nitrogens with zero attached hydrogens (tertiary/aromatic N) is 1. The first kappa shape index (κ1) is 8.70. The summed E-state index contributed by atoms with van der Waals surface area (Å²) in [6, 6.07) is 5.68. The van der Waals surface area contributed by atoms with Gasteiger partial charge in [-0.1, -0.05) is 18.5 Å². The van der Waals surface area contributed by atoms with Crippen molar-refractivity contribution in [2.24, 2.45) is 5.92 Å². The van der Waals surface area contributed by atoms with Crippen molar-refractivity contribution < 1.29 is 0 Å². The smallest absolute Gasteiger partial charge is 0.0601 e. The molecule has 0 aliphatic carbocycles. The Bertz CT molecular complexity index is 319. The van der Waals surface area contributed by atoms with Gasteiger partial charge in [-0.25, -0.2) is 0 Å². The molecule has 0 spiro atoms. The fourth-order valence-electron chi connectivity index (χ4n) is 1.71. The van der Waals surface area contributed by atoms with Crippen LogP contribution in [0.1, 0.15) is 6.92 Å². The third-order valence-corrected chi connectivity index (χ3v) is 2.63. The first-order valence-corrected chi connectivity index (χ1v) is 4.84. The van der Waals surface area contributed by atoms with Crippen molar-refractivity contribution in [3.8, 4) is 0 Å². The van der Waals surface area contributed by atoms with Gasteiger partial charge in [0.25, 0.3) is 0 Å². The zero-order valence-corrected chi connectivity index (χ0v) is 8.38. The fourth-order valence-corrected chi connectivity index (χ4v) is 1.89. The summed E-state index contributed by atoms with van der Waals surface area (Å²) in [5, 5.41) is 0.704. The summed E-state index contributed by atoms with van der Waals surface area (Å²) in [6.45, 7) is 4.44. The van der Waals surface area contributed by atoms with E-state index in [1.165, 1.54) is 0 Å². The van der Waals surface area contributed by atoms with Crippen molar-refractivity contribution in [1.82, 2.24) is 0 Å². The van der Waals surface area contributed by atoms with E-state index in [1.54, 1.807) is 6.07 Å². The number of benzene rings is 1. The molecule has 0 bridgehead atoms. The van der Waals surface area contributed by atoms with Crippen molar-refractivity contribution in [3.63, 3.8) is 0 Å². The number of anilines is 2. The third-order valence-electron chi connectivity index (χ3n) is 2.39. The lowest BCUT2D eigenvalue weighted by atomic mass is 10.0. The second-order valence-corrected chi connectivity index (χ2v) is 4.15. The summed E-state index contributed by atoms with van der Waals surface area (Å²) in [4.78, 5) is 2.27. The molecule has 0 amide bonds. The van der Waals surface area contributed by atoms with Gasteiger partial charge in [0.15, 0.2) is 0 Å². The van der Waals surface area contributed by atoms with Crippen LogP contribution in [-0.4, -0.2) is 13.1 Å². The Morgan fingerprint density at radius 1 is 1.46 bits per heavy atom. The van der Waals surface area contributed by atoms with Gasteiger partial charge in [-0.2, -0.15) is 0 Å². The molecule has 2 N–H and O–H groups in total. The minimum absolute atomic E-state index is 0.704. The summed E-state index contributed by atoms with van der Waals surface area (Å²) < 4.78 is 0. The molecule has 1 aliphatic heterocycles. The monoisotopic (exact) mass is 196 g/mol. The number of nitrogen functional groups attached to an aromatic ring is 1. The Morgan fingerprint density at radius 3 is 2.69 bits per heavy atom. The Labute approximate surface area is 83.3 Å². The molecule has 13 heavy (non-hydrogen) atoms. The molecule has 2 nitrogen and oxygen atoms in total. The maximum Gasteiger partial charge on any atom is 0.0601 e. The third kappa shape index (κ3) is 1.59. The molecule has 70 valence electrons. The predicted octanol–water partition coefficient (Wildman–Crippen LogP) is 2.38. The summed E-state index contributed by atoms with van der Waals surface area (Å²) in [5.41, 5.74) is 7.74. The molecule has 1 fully saturated rings. The molecule has 1 aliphatic rings. The number of halogens is 1. The molecule has 0 unspecified atom stereocenters. The average Bonchev–Trinajstić information content (AvgIpc) is 2.00. The first-order valence-electron chi connectivity index (χ1n) is 4.47. The van der Waals surface area contributed by atoms with Crippen LogP contribution in [0.5, 0.6) is 0 Å². The molecular formula is C10H13ClN2. The number of hydrogen-bond donors (Lipinski definition) is 1. The standard InChI is InChI=1S/C10H13ClN2/c1-7-5-13(6-7)10-3-2-8(11)4-9(10)12/h2-4,7H,5-6,12H2,1H3. The highest BCUT2D eigenvalue weighted by atomic mass is 35.5. The van der Waals surface area contributed by atoms with Crippen molar-refractivity contribution in [1.29, 1.82) is 0 Å². The Hall–Kier alpha value is -0.890. The Kier molecular flexibility index (Phi) is 2.08. The van der Waals surface area contributed by atoms with Crippen LogP contribution >= 0.6 is 11.6 Å². The molecule has 3 heteroatoms. The highest BCUT2D eigenvalue weighted by Gasteiger charge is 2.23. The molecule has 0 atom stereocenters. The van der Waals surface area contributed by atoms with E-state index in [-0.39, 0.29) is 0 Å². The molecule has 1 aromatic rings. The minimum Gasteiger partial charge on any atom is -0.397 e. The van der Waals surface area contributed by atoms with Crippen LogP contribution in [0, 0.1) is 5.92 Å². The van der Waals surface area contributed by atoms with Crippen LogP contribution in [0.3, 0.4) is 0 Å². The highest BCUT2D eigenvalue weighted by molar-refractivity contribution is 6.31. The van der Waals surface area contributed by atoms with Gasteiger partial charge >= 0.3 is 0 Å². The van der Waals surface area contributed by atoms with Gasteiger partial charge in [0, 0.05) is 18.1 Å². The van der Waals surface area contributed by atoms with Crippen LogP contribution in [-0.2, 0) is 0 Å². The fraction of sp³-hybridized carbons (Fsp3) is 0.400. The van der Waals surface area contributed by atoms with Crippen molar-refractivity contribution in [2.45, 2.75) is 6.92 Å². The SMILES string of the molecule is CC1CN(c2ccc(Cl)cc2N)C1. The van der Waals surface area contributed by atoms with Crippen LogP contribution in [0.2, 0.25) is 5.02 Å². The van der Waals surface area contributed by atoms with E-state index >= 15 is 0 Å². The number of hydrogen-bond acceptors (Lipinski definition) is 2. The highest BCUT2D eigenvalue weighted by Crippen LogP contribution is 2.31. The molecule has 1 heterocycles. The minimum atomic E-state index is 0.704. The number of rotatable bonds is 1. The quantitative estimate of drug-likeness (QED) is 0.699. The lowest BCUT2D eigenvalue weighted by molar-refractivity contribution is 0.448. The van der Waals surface area contributed by atoms with E-state index in [0.29, 0.717) is 5.02 Å². The molecule has 0 saturated carbocycles. The average molecular weight is 197 g/mol.